The molecule has 0 aliphatic rings. The van der Waals surface area contributed by atoms with Gasteiger partial charge in [-0.1, -0.05) is 48.0 Å². The summed E-state index contributed by atoms with van der Waals surface area (Å²) in [6.45, 7) is 6.58. The number of nitrogens with one attached hydrogen (secondary N) is 1. The molecule has 1 aromatic heterocycles. The fourth-order valence-electron chi connectivity index (χ4n) is 3.67. The fraction of sp³-hybridized carbons (Fsp3) is 0.143. The Balaban J connectivity index is 1.73. The van der Waals surface area contributed by atoms with Gasteiger partial charge in [0.25, 0.3) is 0 Å². The van der Waals surface area contributed by atoms with E-state index >= 15 is 0 Å². The lowest BCUT2D eigenvalue weighted by Crippen LogP contribution is -2.04. The van der Waals surface area contributed by atoms with Gasteiger partial charge in [0.2, 0.25) is 0 Å². The van der Waals surface area contributed by atoms with Crippen molar-refractivity contribution in [1.82, 2.24) is 9.97 Å². The molecule has 5 nitrogen and oxygen atoms in total. The van der Waals surface area contributed by atoms with Crippen LogP contribution in [0.15, 0.2) is 73.3 Å². The van der Waals surface area contributed by atoms with Crippen molar-refractivity contribution in [1.29, 1.82) is 5.26 Å². The van der Waals surface area contributed by atoms with E-state index in [1.807, 2.05) is 73.7 Å². The van der Waals surface area contributed by atoms with Gasteiger partial charge in [0.15, 0.2) is 11.5 Å². The predicted molar refractivity (Wildman–Crippen MR) is 137 cm³/mol. The highest BCUT2D eigenvalue weighted by Gasteiger charge is 2.15. The first-order valence-electron chi connectivity index (χ1n) is 11.0. The topological polar surface area (TPSA) is 70.9 Å². The average Bonchev–Trinajstić information content (AvgIpc) is 3.27. The second-order valence-electron chi connectivity index (χ2n) is 7.59. The Morgan fingerprint density at radius 3 is 2.65 bits per heavy atom. The summed E-state index contributed by atoms with van der Waals surface area (Å²) < 4.78 is 12.1. The largest absolute Gasteiger partial charge is 0.490 e. The number of aromatic nitrogens is 2. The van der Waals surface area contributed by atoms with E-state index in [0.717, 1.165) is 27.7 Å². The number of imidazole rings is 1. The molecule has 1 N–H and O–H groups in total. The van der Waals surface area contributed by atoms with Crippen LogP contribution < -0.4 is 9.47 Å². The van der Waals surface area contributed by atoms with Gasteiger partial charge in [-0.2, -0.15) is 5.26 Å². The molecule has 0 aliphatic carbocycles. The third-order valence-corrected chi connectivity index (χ3v) is 5.59. The summed E-state index contributed by atoms with van der Waals surface area (Å²) in [5.41, 5.74) is 4.71. The van der Waals surface area contributed by atoms with Gasteiger partial charge in [0, 0.05) is 16.1 Å². The summed E-state index contributed by atoms with van der Waals surface area (Å²) in [5.74, 6) is 1.76. The smallest absolute Gasteiger partial charge is 0.165 e. The summed E-state index contributed by atoms with van der Waals surface area (Å²) in [6.07, 6.45) is 4.18. The van der Waals surface area contributed by atoms with Gasteiger partial charge in [-0.3, -0.25) is 0 Å². The van der Waals surface area contributed by atoms with Gasteiger partial charge in [0.1, 0.15) is 18.5 Å². The van der Waals surface area contributed by atoms with Crippen molar-refractivity contribution in [3.8, 4) is 17.6 Å². The van der Waals surface area contributed by atoms with E-state index in [9.17, 15) is 5.26 Å². The molecule has 0 saturated carbocycles. The molecule has 0 amide bonds. The molecule has 0 aliphatic heterocycles. The molecule has 0 atom stereocenters. The summed E-state index contributed by atoms with van der Waals surface area (Å²) in [4.78, 5) is 7.77. The Hall–Kier alpha value is -4.01. The SMILES string of the molecule is C=CCc1cc(/C=C(\C#N)c2nc3ccccc3[nH]2)cc(OCC)c1OCc1ccccc1Cl. The van der Waals surface area contributed by atoms with Crippen LogP contribution in [0.5, 0.6) is 11.5 Å². The number of fused-ring (bicyclic) bond motifs is 1. The van der Waals surface area contributed by atoms with Crippen molar-refractivity contribution >= 4 is 34.3 Å². The maximum Gasteiger partial charge on any atom is 0.165 e. The van der Waals surface area contributed by atoms with Crippen molar-refractivity contribution in [3.63, 3.8) is 0 Å². The highest BCUT2D eigenvalue weighted by atomic mass is 35.5. The number of rotatable bonds is 9. The van der Waals surface area contributed by atoms with E-state index in [4.69, 9.17) is 21.1 Å². The van der Waals surface area contributed by atoms with Crippen LogP contribution in [0.25, 0.3) is 22.7 Å². The maximum absolute atomic E-state index is 9.84. The lowest BCUT2D eigenvalue weighted by molar-refractivity contribution is 0.267. The van der Waals surface area contributed by atoms with Crippen molar-refractivity contribution in [3.05, 3.63) is 101 Å². The molecule has 6 heteroatoms. The first kappa shape index (κ1) is 23.2. The van der Waals surface area contributed by atoms with Gasteiger partial charge < -0.3 is 14.5 Å². The highest BCUT2D eigenvalue weighted by molar-refractivity contribution is 6.31. The Morgan fingerprint density at radius 1 is 1.12 bits per heavy atom. The highest BCUT2D eigenvalue weighted by Crippen LogP contribution is 2.36. The Morgan fingerprint density at radius 2 is 1.91 bits per heavy atom. The summed E-state index contributed by atoms with van der Waals surface area (Å²) in [7, 11) is 0. The number of nitrogens with zero attached hydrogens (tertiary/aromatic N) is 2. The molecule has 0 fully saturated rings. The van der Waals surface area contributed by atoms with Crippen molar-refractivity contribution in [2.24, 2.45) is 0 Å². The van der Waals surface area contributed by atoms with E-state index in [-0.39, 0.29) is 0 Å². The molecule has 0 bridgehead atoms. The number of halogens is 1. The Kier molecular flexibility index (Phi) is 7.31. The Labute approximate surface area is 203 Å². The second-order valence-corrected chi connectivity index (χ2v) is 7.99. The van der Waals surface area contributed by atoms with Crippen molar-refractivity contribution in [2.45, 2.75) is 20.0 Å². The minimum absolute atomic E-state index is 0.307. The van der Waals surface area contributed by atoms with Crippen LogP contribution in [0, 0.1) is 11.3 Å². The van der Waals surface area contributed by atoms with Crippen LogP contribution in [0.4, 0.5) is 0 Å². The summed E-state index contributed by atoms with van der Waals surface area (Å²) in [5, 5.41) is 10.5. The zero-order chi connectivity index (χ0) is 23.9. The van der Waals surface area contributed by atoms with Crippen LogP contribution >= 0.6 is 11.6 Å². The van der Waals surface area contributed by atoms with E-state index in [1.165, 1.54) is 0 Å². The van der Waals surface area contributed by atoms with Gasteiger partial charge in [-0.25, -0.2) is 4.98 Å². The standard InChI is InChI=1S/C28H24ClN3O2/c1-3-9-20-14-19(15-22(17-30)28-31-24-12-7-8-13-25(24)32-28)16-26(33-4-2)27(20)34-18-21-10-5-6-11-23(21)29/h3,5-8,10-16H,1,4,9,18H2,2H3,(H,31,32)/b22-15+. The summed E-state index contributed by atoms with van der Waals surface area (Å²) >= 11 is 6.30. The van der Waals surface area contributed by atoms with Crippen LogP contribution in [0.3, 0.4) is 0 Å². The predicted octanol–water partition coefficient (Wildman–Crippen LogP) is 6.99. The number of allylic oxidation sites excluding steroid dienone is 2. The van der Waals surface area contributed by atoms with E-state index in [1.54, 1.807) is 6.08 Å². The lowest BCUT2D eigenvalue weighted by Gasteiger charge is -2.17. The number of hydrogen-bond acceptors (Lipinski definition) is 4. The monoisotopic (exact) mass is 469 g/mol. The van der Waals surface area contributed by atoms with E-state index in [2.05, 4.69) is 22.6 Å². The minimum atomic E-state index is 0.307. The molecule has 3 aromatic carbocycles. The third kappa shape index (κ3) is 5.14. The number of aromatic amines is 1. The molecule has 0 saturated heterocycles. The van der Waals surface area contributed by atoms with Gasteiger partial charge in [-0.05, 0) is 55.3 Å². The number of benzene rings is 3. The zero-order valence-electron chi connectivity index (χ0n) is 18.8. The maximum atomic E-state index is 9.84. The van der Waals surface area contributed by atoms with Crippen LogP contribution in [-0.4, -0.2) is 16.6 Å². The van der Waals surface area contributed by atoms with E-state index < -0.39 is 0 Å². The minimum Gasteiger partial charge on any atom is -0.490 e. The number of H-pyrrole nitrogens is 1. The Bertz CT molecular complexity index is 1370. The molecule has 1 heterocycles. The third-order valence-electron chi connectivity index (χ3n) is 5.22. The van der Waals surface area contributed by atoms with Gasteiger partial charge >= 0.3 is 0 Å². The molecule has 4 rings (SSSR count). The number of para-hydroxylation sites is 2. The average molecular weight is 470 g/mol. The molecular formula is C28H24ClN3O2. The van der Waals surface area contributed by atoms with Crippen LogP contribution in [-0.2, 0) is 13.0 Å². The normalized spacial score (nSPS) is 11.3. The van der Waals surface area contributed by atoms with Crippen LogP contribution in [0.2, 0.25) is 5.02 Å². The molecule has 0 radical (unpaired) electrons. The molecule has 0 unspecified atom stereocenters. The van der Waals surface area contributed by atoms with Crippen molar-refractivity contribution in [2.75, 3.05) is 6.61 Å². The molecule has 0 spiro atoms. The number of hydrogen-bond donors (Lipinski definition) is 1. The number of nitriles is 1. The van der Waals surface area contributed by atoms with Crippen LogP contribution in [0.1, 0.15) is 29.4 Å². The molecule has 34 heavy (non-hydrogen) atoms. The van der Waals surface area contributed by atoms with Gasteiger partial charge in [0.05, 0.1) is 23.2 Å². The van der Waals surface area contributed by atoms with Gasteiger partial charge in [-0.15, -0.1) is 6.58 Å². The van der Waals surface area contributed by atoms with Crippen molar-refractivity contribution < 1.29 is 9.47 Å². The lowest BCUT2D eigenvalue weighted by atomic mass is 10.0. The second kappa shape index (κ2) is 10.7. The quantitative estimate of drug-likeness (QED) is 0.212. The zero-order valence-corrected chi connectivity index (χ0v) is 19.6. The first-order valence-corrected chi connectivity index (χ1v) is 11.3. The summed E-state index contributed by atoms with van der Waals surface area (Å²) in [6, 6.07) is 21.4. The number of ether oxygens (including phenoxy) is 2. The molecule has 4 aromatic rings. The first-order chi connectivity index (χ1) is 16.6. The molecular weight excluding hydrogens is 446 g/mol. The fourth-order valence-corrected chi connectivity index (χ4v) is 3.86. The molecule has 170 valence electrons. The van der Waals surface area contributed by atoms with E-state index in [0.29, 0.717) is 47.6 Å².